The van der Waals surface area contributed by atoms with E-state index in [1.165, 1.54) is 6.08 Å². The smallest absolute Gasteiger partial charge is 0.331 e. The summed E-state index contributed by atoms with van der Waals surface area (Å²) in [6, 6.07) is 5.81. The maximum absolute atomic E-state index is 11.5. The molecule has 0 bridgehead atoms. The second kappa shape index (κ2) is 5.71. The Morgan fingerprint density at radius 2 is 1.94 bits per heavy atom. The molecular formula is C15H20O3. The first-order valence-electron chi connectivity index (χ1n) is 5.87. The molecule has 0 fully saturated rings. The standard InChI is InChI=1S/C15H20O3/c1-11-6-7-12(13(10-11)17-5)8-9-14(16)18-15(2,3)4/h6-10H,1-5H3/b9-8+. The fourth-order valence-corrected chi connectivity index (χ4v) is 1.45. The van der Waals surface area contributed by atoms with E-state index >= 15 is 0 Å². The predicted molar refractivity (Wildman–Crippen MR) is 72.6 cm³/mol. The van der Waals surface area contributed by atoms with Crippen LogP contribution in [0.25, 0.3) is 6.08 Å². The minimum Gasteiger partial charge on any atom is -0.496 e. The van der Waals surface area contributed by atoms with E-state index in [9.17, 15) is 4.79 Å². The Hall–Kier alpha value is -1.77. The minimum absolute atomic E-state index is 0.356. The number of carbonyl (C=O) groups is 1. The van der Waals surface area contributed by atoms with Gasteiger partial charge in [-0.2, -0.15) is 0 Å². The van der Waals surface area contributed by atoms with Crippen LogP contribution in [0.1, 0.15) is 31.9 Å². The van der Waals surface area contributed by atoms with E-state index in [1.807, 2.05) is 45.9 Å². The molecule has 0 saturated heterocycles. The average Bonchev–Trinajstić information content (AvgIpc) is 2.24. The van der Waals surface area contributed by atoms with Gasteiger partial charge in [0.2, 0.25) is 0 Å². The molecule has 3 heteroatoms. The summed E-state index contributed by atoms with van der Waals surface area (Å²) in [5.41, 5.74) is 1.49. The molecular weight excluding hydrogens is 228 g/mol. The first kappa shape index (κ1) is 14.3. The SMILES string of the molecule is COc1cc(C)ccc1/C=C/C(=O)OC(C)(C)C. The lowest BCUT2D eigenvalue weighted by atomic mass is 10.1. The molecule has 0 atom stereocenters. The van der Waals surface area contributed by atoms with Gasteiger partial charge in [-0.15, -0.1) is 0 Å². The van der Waals surface area contributed by atoms with Gasteiger partial charge in [-0.05, 0) is 45.4 Å². The highest BCUT2D eigenvalue weighted by molar-refractivity contribution is 5.87. The number of hydrogen-bond donors (Lipinski definition) is 0. The third-order valence-corrected chi connectivity index (χ3v) is 2.19. The molecule has 0 aliphatic rings. The summed E-state index contributed by atoms with van der Waals surface area (Å²) < 4.78 is 10.4. The lowest BCUT2D eigenvalue weighted by Crippen LogP contribution is -2.22. The van der Waals surface area contributed by atoms with Crippen molar-refractivity contribution >= 4 is 12.0 Å². The van der Waals surface area contributed by atoms with Gasteiger partial charge in [0, 0.05) is 11.6 Å². The van der Waals surface area contributed by atoms with Crippen LogP contribution in [0.3, 0.4) is 0 Å². The zero-order chi connectivity index (χ0) is 13.8. The predicted octanol–water partition coefficient (Wildman–Crippen LogP) is 3.36. The van der Waals surface area contributed by atoms with Crippen LogP contribution in [-0.2, 0) is 9.53 Å². The van der Waals surface area contributed by atoms with Crippen LogP contribution in [0, 0.1) is 6.92 Å². The third kappa shape index (κ3) is 4.62. The Labute approximate surface area is 108 Å². The van der Waals surface area contributed by atoms with E-state index < -0.39 is 5.60 Å². The molecule has 0 heterocycles. The highest BCUT2D eigenvalue weighted by Gasteiger charge is 2.14. The van der Waals surface area contributed by atoms with Gasteiger partial charge in [-0.1, -0.05) is 12.1 Å². The van der Waals surface area contributed by atoms with Crippen molar-refractivity contribution in [3.63, 3.8) is 0 Å². The van der Waals surface area contributed by atoms with Crippen molar-refractivity contribution in [1.29, 1.82) is 0 Å². The average molecular weight is 248 g/mol. The molecule has 0 aromatic heterocycles. The van der Waals surface area contributed by atoms with Crippen molar-refractivity contribution in [3.8, 4) is 5.75 Å². The van der Waals surface area contributed by atoms with E-state index in [0.29, 0.717) is 0 Å². The first-order valence-corrected chi connectivity index (χ1v) is 5.87. The van der Waals surface area contributed by atoms with Crippen molar-refractivity contribution in [1.82, 2.24) is 0 Å². The zero-order valence-corrected chi connectivity index (χ0v) is 11.6. The molecule has 1 rings (SSSR count). The summed E-state index contributed by atoms with van der Waals surface area (Å²) >= 11 is 0. The van der Waals surface area contributed by atoms with Gasteiger partial charge in [0.15, 0.2) is 0 Å². The van der Waals surface area contributed by atoms with E-state index in [2.05, 4.69) is 0 Å². The number of hydrogen-bond acceptors (Lipinski definition) is 3. The summed E-state index contributed by atoms with van der Waals surface area (Å²) in [5, 5.41) is 0. The topological polar surface area (TPSA) is 35.5 Å². The van der Waals surface area contributed by atoms with Crippen LogP contribution in [0.2, 0.25) is 0 Å². The molecule has 18 heavy (non-hydrogen) atoms. The Morgan fingerprint density at radius 1 is 1.28 bits per heavy atom. The van der Waals surface area contributed by atoms with Crippen molar-refractivity contribution in [2.24, 2.45) is 0 Å². The van der Waals surface area contributed by atoms with Crippen molar-refractivity contribution < 1.29 is 14.3 Å². The lowest BCUT2D eigenvalue weighted by molar-refractivity contribution is -0.148. The van der Waals surface area contributed by atoms with Gasteiger partial charge in [-0.3, -0.25) is 0 Å². The van der Waals surface area contributed by atoms with Crippen LogP contribution in [-0.4, -0.2) is 18.7 Å². The third-order valence-electron chi connectivity index (χ3n) is 2.19. The molecule has 1 aromatic rings. The van der Waals surface area contributed by atoms with Crippen molar-refractivity contribution in [2.75, 3.05) is 7.11 Å². The normalized spacial score (nSPS) is 11.6. The molecule has 0 radical (unpaired) electrons. The van der Waals surface area contributed by atoms with Crippen molar-refractivity contribution in [2.45, 2.75) is 33.3 Å². The molecule has 0 spiro atoms. The quantitative estimate of drug-likeness (QED) is 0.608. The molecule has 0 aliphatic carbocycles. The molecule has 3 nitrogen and oxygen atoms in total. The molecule has 0 unspecified atom stereocenters. The maximum Gasteiger partial charge on any atom is 0.331 e. The van der Waals surface area contributed by atoms with Crippen LogP contribution in [0.15, 0.2) is 24.3 Å². The van der Waals surface area contributed by atoms with Crippen LogP contribution in [0.4, 0.5) is 0 Å². The Bertz CT molecular complexity index is 453. The Kier molecular flexibility index (Phi) is 4.54. The van der Waals surface area contributed by atoms with Crippen LogP contribution < -0.4 is 4.74 Å². The maximum atomic E-state index is 11.5. The summed E-state index contributed by atoms with van der Waals surface area (Å²) in [6.07, 6.45) is 3.12. The zero-order valence-electron chi connectivity index (χ0n) is 11.6. The molecule has 1 aromatic carbocycles. The van der Waals surface area contributed by atoms with Gasteiger partial charge in [0.25, 0.3) is 0 Å². The van der Waals surface area contributed by atoms with Gasteiger partial charge < -0.3 is 9.47 Å². The van der Waals surface area contributed by atoms with Gasteiger partial charge in [0.1, 0.15) is 11.4 Å². The number of benzene rings is 1. The number of methoxy groups -OCH3 is 1. The second-order valence-corrected chi connectivity index (χ2v) is 5.11. The number of aryl methyl sites for hydroxylation is 1. The number of carbonyl (C=O) groups excluding carboxylic acids is 1. The van der Waals surface area contributed by atoms with Crippen LogP contribution in [0.5, 0.6) is 5.75 Å². The van der Waals surface area contributed by atoms with Crippen LogP contribution >= 0.6 is 0 Å². The summed E-state index contributed by atoms with van der Waals surface area (Å²) in [5.74, 6) is 0.389. The summed E-state index contributed by atoms with van der Waals surface area (Å²) in [7, 11) is 1.61. The molecule has 0 amide bonds. The van der Waals surface area contributed by atoms with Gasteiger partial charge in [0.05, 0.1) is 7.11 Å². The van der Waals surface area contributed by atoms with Gasteiger partial charge >= 0.3 is 5.97 Å². The molecule has 0 N–H and O–H groups in total. The Balaban J connectivity index is 2.81. The summed E-state index contributed by atoms with van der Waals surface area (Å²) in [4.78, 5) is 11.5. The molecule has 0 aliphatic heterocycles. The number of esters is 1. The van der Waals surface area contributed by atoms with E-state index in [4.69, 9.17) is 9.47 Å². The lowest BCUT2D eigenvalue weighted by Gasteiger charge is -2.17. The molecule has 98 valence electrons. The highest BCUT2D eigenvalue weighted by atomic mass is 16.6. The van der Waals surface area contributed by atoms with E-state index in [1.54, 1.807) is 13.2 Å². The van der Waals surface area contributed by atoms with E-state index in [0.717, 1.165) is 16.9 Å². The highest BCUT2D eigenvalue weighted by Crippen LogP contribution is 2.21. The monoisotopic (exact) mass is 248 g/mol. The van der Waals surface area contributed by atoms with E-state index in [-0.39, 0.29) is 5.97 Å². The van der Waals surface area contributed by atoms with Crippen molar-refractivity contribution in [3.05, 3.63) is 35.4 Å². The first-order chi connectivity index (χ1) is 8.31. The number of ether oxygens (including phenoxy) is 2. The minimum atomic E-state index is -0.473. The fraction of sp³-hybridized carbons (Fsp3) is 0.400. The second-order valence-electron chi connectivity index (χ2n) is 5.11. The Morgan fingerprint density at radius 3 is 2.50 bits per heavy atom. The molecule has 0 saturated carbocycles. The summed E-state index contributed by atoms with van der Waals surface area (Å²) in [6.45, 7) is 7.51. The largest absolute Gasteiger partial charge is 0.496 e. The fourth-order valence-electron chi connectivity index (χ4n) is 1.45. The van der Waals surface area contributed by atoms with Gasteiger partial charge in [-0.25, -0.2) is 4.79 Å². The number of rotatable bonds is 3.